The second kappa shape index (κ2) is 8.20. The summed E-state index contributed by atoms with van der Waals surface area (Å²) in [5, 5.41) is 2.85. The topological polar surface area (TPSA) is 29.1 Å². The average Bonchev–Trinajstić information content (AvgIpc) is 2.53. The lowest BCUT2D eigenvalue weighted by Crippen LogP contribution is -2.08. The quantitative estimate of drug-likeness (QED) is 0.473. The predicted octanol–water partition coefficient (Wildman–Crippen LogP) is 4.76. The van der Waals surface area contributed by atoms with Crippen LogP contribution < -0.4 is 5.32 Å². The van der Waals surface area contributed by atoms with Gasteiger partial charge in [-0.1, -0.05) is 30.3 Å². The van der Waals surface area contributed by atoms with E-state index in [2.05, 4.69) is 11.9 Å². The van der Waals surface area contributed by atoms with Crippen LogP contribution in [0.4, 0.5) is 10.1 Å². The van der Waals surface area contributed by atoms with Crippen molar-refractivity contribution in [1.82, 2.24) is 0 Å². The molecule has 2 aromatic carbocycles. The molecule has 0 aliphatic carbocycles. The van der Waals surface area contributed by atoms with Gasteiger partial charge < -0.3 is 5.32 Å². The lowest BCUT2D eigenvalue weighted by Gasteiger charge is -2.08. The van der Waals surface area contributed by atoms with E-state index in [0.717, 1.165) is 21.9 Å². The molecular weight excluding hydrogens is 297 g/mol. The number of hydrogen-bond donors (Lipinski definition) is 1. The van der Waals surface area contributed by atoms with Crippen LogP contribution in [0.15, 0.2) is 72.2 Å². The zero-order valence-electron chi connectivity index (χ0n) is 12.0. The number of halogens is 1. The van der Waals surface area contributed by atoms with Crippen LogP contribution in [0.25, 0.3) is 6.08 Å². The van der Waals surface area contributed by atoms with Gasteiger partial charge in [-0.3, -0.25) is 4.79 Å². The number of carbonyl (C=O) groups is 1. The van der Waals surface area contributed by atoms with Crippen LogP contribution in [0.3, 0.4) is 0 Å². The first-order valence-electron chi connectivity index (χ1n) is 6.76. The van der Waals surface area contributed by atoms with Crippen molar-refractivity contribution in [3.8, 4) is 0 Å². The molecule has 0 radical (unpaired) electrons. The summed E-state index contributed by atoms with van der Waals surface area (Å²) in [6, 6.07) is 13.6. The number of hydrogen-bond acceptors (Lipinski definition) is 2. The number of carbonyl (C=O) groups excluding carboxylic acids is 1. The first-order chi connectivity index (χ1) is 10.7. The van der Waals surface area contributed by atoms with Gasteiger partial charge in [0, 0.05) is 16.7 Å². The molecule has 2 rings (SSSR count). The summed E-state index contributed by atoms with van der Waals surface area (Å²) in [6.45, 7) is 3.69. The Morgan fingerprint density at radius 2 is 1.91 bits per heavy atom. The summed E-state index contributed by atoms with van der Waals surface area (Å²) >= 11 is 1.61. The molecule has 2 nitrogen and oxygen atoms in total. The highest BCUT2D eigenvalue weighted by atomic mass is 32.2. The summed E-state index contributed by atoms with van der Waals surface area (Å²) < 4.78 is 12.8. The van der Waals surface area contributed by atoms with Crippen molar-refractivity contribution in [2.75, 3.05) is 11.1 Å². The first-order valence-corrected chi connectivity index (χ1v) is 7.75. The largest absolute Gasteiger partial charge is 0.321 e. The fourth-order valence-corrected chi connectivity index (χ4v) is 2.51. The van der Waals surface area contributed by atoms with Crippen LogP contribution in [-0.2, 0) is 4.79 Å². The van der Waals surface area contributed by atoms with Gasteiger partial charge in [0.05, 0.1) is 5.69 Å². The van der Waals surface area contributed by atoms with Gasteiger partial charge in [0.2, 0.25) is 5.91 Å². The summed E-state index contributed by atoms with van der Waals surface area (Å²) in [7, 11) is 0. The highest BCUT2D eigenvalue weighted by Crippen LogP contribution is 2.26. The second-order valence-electron chi connectivity index (χ2n) is 4.47. The predicted molar refractivity (Wildman–Crippen MR) is 91.4 cm³/mol. The zero-order valence-corrected chi connectivity index (χ0v) is 12.8. The highest BCUT2D eigenvalue weighted by molar-refractivity contribution is 7.99. The molecule has 0 unspecified atom stereocenters. The molecule has 1 amide bonds. The summed E-state index contributed by atoms with van der Waals surface area (Å²) in [5.41, 5.74) is 1.54. The number of para-hydroxylation sites is 1. The molecule has 1 N–H and O–H groups in total. The van der Waals surface area contributed by atoms with Crippen LogP contribution in [0.5, 0.6) is 0 Å². The minimum atomic E-state index is -0.297. The van der Waals surface area contributed by atoms with Crippen molar-refractivity contribution < 1.29 is 9.18 Å². The fraction of sp³-hybridized carbons (Fsp3) is 0.0556. The van der Waals surface area contributed by atoms with Crippen LogP contribution in [0.2, 0.25) is 0 Å². The second-order valence-corrected chi connectivity index (χ2v) is 5.53. The average molecular weight is 313 g/mol. The van der Waals surface area contributed by atoms with Crippen molar-refractivity contribution in [2.24, 2.45) is 0 Å². The number of thioether (sulfide) groups is 1. The Hall–Kier alpha value is -2.33. The van der Waals surface area contributed by atoms with Crippen LogP contribution in [0.1, 0.15) is 5.56 Å². The third-order valence-corrected chi connectivity index (χ3v) is 3.87. The van der Waals surface area contributed by atoms with E-state index in [1.807, 2.05) is 30.3 Å². The van der Waals surface area contributed by atoms with Gasteiger partial charge in [-0.05, 0) is 35.9 Å². The Labute approximate surface area is 133 Å². The maximum Gasteiger partial charge on any atom is 0.248 e. The SMILES string of the molecule is C=CCSc1ccccc1NC(=O)/C=C/c1ccc(F)cc1. The molecule has 0 bridgehead atoms. The smallest absolute Gasteiger partial charge is 0.248 e. The molecule has 0 atom stereocenters. The van der Waals surface area contributed by atoms with Crippen molar-refractivity contribution >= 4 is 29.4 Å². The van der Waals surface area contributed by atoms with E-state index in [1.165, 1.54) is 18.2 Å². The van der Waals surface area contributed by atoms with Gasteiger partial charge in [-0.2, -0.15) is 0 Å². The molecule has 0 saturated carbocycles. The van der Waals surface area contributed by atoms with Gasteiger partial charge in [-0.25, -0.2) is 4.39 Å². The van der Waals surface area contributed by atoms with E-state index in [9.17, 15) is 9.18 Å². The Morgan fingerprint density at radius 3 is 2.64 bits per heavy atom. The van der Waals surface area contributed by atoms with Crippen molar-refractivity contribution in [2.45, 2.75) is 4.90 Å². The van der Waals surface area contributed by atoms with E-state index in [0.29, 0.717) is 0 Å². The standard InChI is InChI=1S/C18H16FNOS/c1-2-13-22-17-6-4-3-5-16(17)20-18(21)12-9-14-7-10-15(19)11-8-14/h2-12H,1,13H2,(H,20,21)/b12-9+. The Morgan fingerprint density at radius 1 is 1.18 bits per heavy atom. The molecule has 4 heteroatoms. The first kappa shape index (κ1) is 16.0. The molecule has 2 aromatic rings. The lowest BCUT2D eigenvalue weighted by molar-refractivity contribution is -0.111. The molecule has 0 heterocycles. The Kier molecular flexibility index (Phi) is 5.98. The van der Waals surface area contributed by atoms with Gasteiger partial charge in [0.25, 0.3) is 0 Å². The van der Waals surface area contributed by atoms with Crippen LogP contribution in [-0.4, -0.2) is 11.7 Å². The molecule has 0 aliphatic heterocycles. The Bertz CT molecular complexity index is 680. The third-order valence-electron chi connectivity index (χ3n) is 2.80. The fourth-order valence-electron chi connectivity index (χ4n) is 1.76. The minimum absolute atomic E-state index is 0.226. The van der Waals surface area contributed by atoms with E-state index in [4.69, 9.17) is 0 Å². The highest BCUT2D eigenvalue weighted by Gasteiger charge is 2.04. The summed E-state index contributed by atoms with van der Waals surface area (Å²) in [4.78, 5) is 13.0. The molecule has 112 valence electrons. The van der Waals surface area contributed by atoms with E-state index >= 15 is 0 Å². The third kappa shape index (κ3) is 4.90. The molecule has 0 spiro atoms. The lowest BCUT2D eigenvalue weighted by atomic mass is 10.2. The van der Waals surface area contributed by atoms with Gasteiger partial charge in [0.1, 0.15) is 5.82 Å². The minimum Gasteiger partial charge on any atom is -0.321 e. The van der Waals surface area contributed by atoms with E-state index in [-0.39, 0.29) is 11.7 Å². The van der Waals surface area contributed by atoms with Crippen molar-refractivity contribution in [1.29, 1.82) is 0 Å². The molecule has 22 heavy (non-hydrogen) atoms. The maximum absolute atomic E-state index is 12.8. The number of nitrogens with one attached hydrogen (secondary N) is 1. The molecule has 0 aromatic heterocycles. The van der Waals surface area contributed by atoms with Crippen LogP contribution >= 0.6 is 11.8 Å². The number of amides is 1. The van der Waals surface area contributed by atoms with Crippen molar-refractivity contribution in [3.63, 3.8) is 0 Å². The number of rotatable bonds is 6. The van der Waals surface area contributed by atoms with Crippen molar-refractivity contribution in [3.05, 3.63) is 78.6 Å². The van der Waals surface area contributed by atoms with Crippen LogP contribution in [0, 0.1) is 5.82 Å². The van der Waals surface area contributed by atoms with E-state index in [1.54, 1.807) is 30.0 Å². The van der Waals surface area contributed by atoms with E-state index < -0.39 is 0 Å². The summed E-state index contributed by atoms with van der Waals surface area (Å²) in [6.07, 6.45) is 4.90. The molecule has 0 aliphatic rings. The molecule has 0 saturated heterocycles. The van der Waals surface area contributed by atoms with Gasteiger partial charge >= 0.3 is 0 Å². The zero-order chi connectivity index (χ0) is 15.8. The Balaban J connectivity index is 2.02. The van der Waals surface area contributed by atoms with Gasteiger partial charge in [0.15, 0.2) is 0 Å². The summed E-state index contributed by atoms with van der Waals surface area (Å²) in [5.74, 6) is 0.254. The number of anilines is 1. The van der Waals surface area contributed by atoms with Gasteiger partial charge in [-0.15, -0.1) is 18.3 Å². The number of benzene rings is 2. The maximum atomic E-state index is 12.8. The normalized spacial score (nSPS) is 10.6. The molecular formula is C18H16FNOS. The monoisotopic (exact) mass is 313 g/mol. The molecule has 0 fully saturated rings.